The highest BCUT2D eigenvalue weighted by Gasteiger charge is 2.27. The summed E-state index contributed by atoms with van der Waals surface area (Å²) in [5, 5.41) is 18.3. The Hall–Kier alpha value is -2.33. The van der Waals surface area contributed by atoms with Crippen molar-refractivity contribution < 1.29 is 47.8 Å². The van der Waals surface area contributed by atoms with Crippen molar-refractivity contribution in [1.82, 2.24) is 0 Å². The molecular formula is C46H81O10P. The molecule has 3 atom stereocenters. The van der Waals surface area contributed by atoms with Crippen molar-refractivity contribution in [3.8, 4) is 0 Å². The standard InChI is InChI=1S/C46H81O10P/c1-3-5-7-9-11-13-15-17-19-20-21-22-24-25-27-29-31-33-35-37-45(49)53-41-44(42-55-57(51,52)54-40-43(48)39-47)56-46(50)38-36-34-32-30-28-26-23-18-16-14-12-10-8-6-4-2/h6,8,10,12,14,16-19,23,43-44,47-48H,3-5,7,9,11,13,15,20-22,24-42H2,1-2H3,(H,51,52)/b8-6+,12-10+,16-14+,19-17+,23-18+/t43-,44+/m0/s1. The summed E-state index contributed by atoms with van der Waals surface area (Å²) < 4.78 is 32.7. The summed E-state index contributed by atoms with van der Waals surface area (Å²) in [6, 6.07) is 0. The van der Waals surface area contributed by atoms with Gasteiger partial charge < -0.3 is 24.6 Å². The van der Waals surface area contributed by atoms with Crippen molar-refractivity contribution in [1.29, 1.82) is 0 Å². The van der Waals surface area contributed by atoms with Gasteiger partial charge in [-0.25, -0.2) is 4.57 Å². The predicted molar refractivity (Wildman–Crippen MR) is 233 cm³/mol. The smallest absolute Gasteiger partial charge is 0.462 e. The van der Waals surface area contributed by atoms with Crippen LogP contribution in [0.5, 0.6) is 0 Å². The van der Waals surface area contributed by atoms with Gasteiger partial charge in [-0.3, -0.25) is 18.6 Å². The molecule has 0 aliphatic heterocycles. The van der Waals surface area contributed by atoms with Crippen molar-refractivity contribution in [2.24, 2.45) is 0 Å². The zero-order valence-corrected chi connectivity index (χ0v) is 36.7. The van der Waals surface area contributed by atoms with E-state index in [1.165, 1.54) is 83.5 Å². The number of carbonyl (C=O) groups is 2. The number of phosphoric acid groups is 1. The highest BCUT2D eigenvalue weighted by Crippen LogP contribution is 2.43. The number of unbranched alkanes of at least 4 members (excludes halogenated alkanes) is 20. The number of carbonyl (C=O) groups excluding carboxylic acids is 2. The summed E-state index contributed by atoms with van der Waals surface area (Å²) >= 11 is 0. The summed E-state index contributed by atoms with van der Waals surface area (Å²) in [6.45, 7) is 2.21. The third-order valence-corrected chi connectivity index (χ3v) is 10.2. The van der Waals surface area contributed by atoms with Crippen LogP contribution < -0.4 is 0 Å². The lowest BCUT2D eigenvalue weighted by Gasteiger charge is -2.20. The van der Waals surface area contributed by atoms with Crippen molar-refractivity contribution in [3.63, 3.8) is 0 Å². The number of allylic oxidation sites excluding steroid dienone is 10. The van der Waals surface area contributed by atoms with E-state index in [2.05, 4.69) is 42.7 Å². The van der Waals surface area contributed by atoms with Crippen molar-refractivity contribution in [2.45, 2.75) is 193 Å². The Labute approximate surface area is 346 Å². The van der Waals surface area contributed by atoms with E-state index >= 15 is 0 Å². The minimum atomic E-state index is -4.63. The Morgan fingerprint density at radius 2 is 0.982 bits per heavy atom. The van der Waals surface area contributed by atoms with Gasteiger partial charge in [0.25, 0.3) is 0 Å². The molecule has 0 aromatic heterocycles. The van der Waals surface area contributed by atoms with Crippen LogP contribution >= 0.6 is 7.82 Å². The lowest BCUT2D eigenvalue weighted by Crippen LogP contribution is -2.29. The first-order chi connectivity index (χ1) is 27.7. The summed E-state index contributed by atoms with van der Waals surface area (Å²) in [7, 11) is -4.63. The molecule has 0 amide bonds. The molecule has 0 aromatic rings. The molecule has 0 radical (unpaired) electrons. The Balaban J connectivity index is 4.29. The van der Waals surface area contributed by atoms with E-state index in [4.69, 9.17) is 19.1 Å². The maximum atomic E-state index is 12.6. The molecular weight excluding hydrogens is 743 g/mol. The molecule has 0 heterocycles. The maximum Gasteiger partial charge on any atom is 0.472 e. The van der Waals surface area contributed by atoms with Crippen LogP contribution in [-0.2, 0) is 32.7 Å². The molecule has 3 N–H and O–H groups in total. The molecule has 0 saturated heterocycles. The van der Waals surface area contributed by atoms with Crippen LogP contribution in [0.3, 0.4) is 0 Å². The van der Waals surface area contributed by atoms with Gasteiger partial charge in [0, 0.05) is 12.8 Å². The topological polar surface area (TPSA) is 149 Å². The minimum Gasteiger partial charge on any atom is -0.462 e. The van der Waals surface area contributed by atoms with Crippen molar-refractivity contribution >= 4 is 19.8 Å². The predicted octanol–water partition coefficient (Wildman–Crippen LogP) is 11.9. The molecule has 0 spiro atoms. The molecule has 57 heavy (non-hydrogen) atoms. The lowest BCUT2D eigenvalue weighted by atomic mass is 10.1. The Bertz CT molecular complexity index is 1130. The summed E-state index contributed by atoms with van der Waals surface area (Å²) in [5.41, 5.74) is 0. The summed E-state index contributed by atoms with van der Waals surface area (Å²) in [5.74, 6) is -0.956. The zero-order chi connectivity index (χ0) is 41.9. The largest absolute Gasteiger partial charge is 0.472 e. The fraction of sp³-hybridized carbons (Fsp3) is 0.739. The van der Waals surface area contributed by atoms with Gasteiger partial charge in [-0.2, -0.15) is 0 Å². The first-order valence-electron chi connectivity index (χ1n) is 22.3. The van der Waals surface area contributed by atoms with Gasteiger partial charge in [0.2, 0.25) is 0 Å². The number of rotatable bonds is 41. The van der Waals surface area contributed by atoms with E-state index in [9.17, 15) is 24.2 Å². The molecule has 0 aromatic carbocycles. The van der Waals surface area contributed by atoms with E-state index in [0.29, 0.717) is 12.8 Å². The minimum absolute atomic E-state index is 0.156. The number of hydrogen-bond acceptors (Lipinski definition) is 9. The van der Waals surface area contributed by atoms with Gasteiger partial charge in [0.1, 0.15) is 12.7 Å². The second kappa shape index (κ2) is 41.8. The molecule has 330 valence electrons. The van der Waals surface area contributed by atoms with E-state index in [1.54, 1.807) is 0 Å². The van der Waals surface area contributed by atoms with Gasteiger partial charge in [-0.1, -0.05) is 171 Å². The van der Waals surface area contributed by atoms with Gasteiger partial charge in [0.15, 0.2) is 6.10 Å². The maximum absolute atomic E-state index is 12.6. The molecule has 11 heteroatoms. The Morgan fingerprint density at radius 3 is 1.51 bits per heavy atom. The van der Waals surface area contributed by atoms with E-state index < -0.39 is 51.8 Å². The first-order valence-corrected chi connectivity index (χ1v) is 23.8. The van der Waals surface area contributed by atoms with E-state index in [0.717, 1.165) is 57.8 Å². The molecule has 0 fully saturated rings. The van der Waals surface area contributed by atoms with Crippen molar-refractivity contribution in [3.05, 3.63) is 60.8 Å². The van der Waals surface area contributed by atoms with Crippen molar-refractivity contribution in [2.75, 3.05) is 26.4 Å². The lowest BCUT2D eigenvalue weighted by molar-refractivity contribution is -0.161. The SMILES string of the molecule is CC/C=C/C=C/C=C/C=C/CCCCCCCC(=O)O[C@H](COC(=O)CCCCCCCCCCC/C=C/CCCCCCCC)COP(=O)(O)OC[C@@H](O)CO. The number of esters is 2. The zero-order valence-electron chi connectivity index (χ0n) is 35.8. The van der Waals surface area contributed by atoms with Gasteiger partial charge in [0.05, 0.1) is 19.8 Å². The fourth-order valence-corrected chi connectivity index (χ4v) is 6.61. The van der Waals surface area contributed by atoms with E-state index in [1.807, 2.05) is 36.5 Å². The van der Waals surface area contributed by atoms with Crippen LogP contribution in [-0.4, -0.2) is 65.7 Å². The molecule has 0 saturated carbocycles. The first kappa shape index (κ1) is 54.7. The Morgan fingerprint density at radius 1 is 0.544 bits per heavy atom. The van der Waals surface area contributed by atoms with Gasteiger partial charge in [-0.15, -0.1) is 0 Å². The normalized spacial score (nSPS) is 14.4. The van der Waals surface area contributed by atoms with Gasteiger partial charge in [-0.05, 0) is 57.8 Å². The average Bonchev–Trinajstić information content (AvgIpc) is 3.20. The summed E-state index contributed by atoms with van der Waals surface area (Å²) in [4.78, 5) is 35.0. The van der Waals surface area contributed by atoms with Crippen LogP contribution in [0.25, 0.3) is 0 Å². The van der Waals surface area contributed by atoms with E-state index in [-0.39, 0.29) is 19.4 Å². The molecule has 0 bridgehead atoms. The second-order valence-corrected chi connectivity index (χ2v) is 16.2. The van der Waals surface area contributed by atoms with Crippen LogP contribution in [0.15, 0.2) is 60.8 Å². The molecule has 0 aliphatic carbocycles. The van der Waals surface area contributed by atoms with Crippen LogP contribution in [0.2, 0.25) is 0 Å². The highest BCUT2D eigenvalue weighted by molar-refractivity contribution is 7.47. The number of aliphatic hydroxyl groups is 2. The second-order valence-electron chi connectivity index (χ2n) is 14.8. The molecule has 0 aliphatic rings. The Kier molecular flexibility index (Phi) is 40.1. The molecule has 1 unspecified atom stereocenters. The summed E-state index contributed by atoms with van der Waals surface area (Å²) in [6.07, 6.45) is 46.1. The van der Waals surface area contributed by atoms with Crippen LogP contribution in [0.1, 0.15) is 181 Å². The molecule has 10 nitrogen and oxygen atoms in total. The fourth-order valence-electron chi connectivity index (χ4n) is 5.82. The number of phosphoric ester groups is 1. The molecule has 0 rings (SSSR count). The quantitative estimate of drug-likeness (QED) is 0.0179. The monoisotopic (exact) mass is 825 g/mol. The number of ether oxygens (including phenoxy) is 2. The third kappa shape index (κ3) is 41.6. The van der Waals surface area contributed by atoms with Crippen LogP contribution in [0.4, 0.5) is 0 Å². The third-order valence-electron chi connectivity index (χ3n) is 9.25. The highest BCUT2D eigenvalue weighted by atomic mass is 31.2. The number of hydrogen-bond donors (Lipinski definition) is 3. The average molecular weight is 825 g/mol. The number of aliphatic hydroxyl groups excluding tert-OH is 2. The van der Waals surface area contributed by atoms with Gasteiger partial charge >= 0.3 is 19.8 Å². The van der Waals surface area contributed by atoms with Crippen LogP contribution in [0, 0.1) is 0 Å².